The van der Waals surface area contributed by atoms with Crippen molar-refractivity contribution in [1.29, 1.82) is 0 Å². The summed E-state index contributed by atoms with van der Waals surface area (Å²) in [6.45, 7) is 0. The van der Waals surface area contributed by atoms with Crippen molar-refractivity contribution in [3.63, 3.8) is 0 Å². The van der Waals surface area contributed by atoms with Crippen LogP contribution in [0.3, 0.4) is 0 Å². The van der Waals surface area contributed by atoms with Gasteiger partial charge in [-0.1, -0.05) is 47.6 Å². The number of amidine groups is 1. The molecule has 0 spiro atoms. The molecule has 6 nitrogen and oxygen atoms in total. The standard InChI is InChI=1S/C17H12ClN3O3S/c18-12-5-6-13(16(23)24)14(7-12)11-3-1-10(2-4-11)8-19-21-17-20-15(22)9-25-17/h1-8H,9H2,(H,23,24)(H,20,21,22). The smallest absolute Gasteiger partial charge is 0.336 e. The summed E-state index contributed by atoms with van der Waals surface area (Å²) < 4.78 is 0. The first-order valence-electron chi connectivity index (χ1n) is 7.20. The van der Waals surface area contributed by atoms with Gasteiger partial charge in [0.2, 0.25) is 5.91 Å². The summed E-state index contributed by atoms with van der Waals surface area (Å²) in [5.41, 5.74) is 2.27. The molecule has 1 amide bonds. The van der Waals surface area contributed by atoms with Gasteiger partial charge < -0.3 is 10.4 Å². The van der Waals surface area contributed by atoms with Gasteiger partial charge in [-0.05, 0) is 34.9 Å². The van der Waals surface area contributed by atoms with Crippen LogP contribution in [-0.4, -0.2) is 34.1 Å². The second-order valence-corrected chi connectivity index (χ2v) is 6.50. The number of thioether (sulfide) groups is 1. The van der Waals surface area contributed by atoms with Gasteiger partial charge in [0.25, 0.3) is 0 Å². The van der Waals surface area contributed by atoms with Gasteiger partial charge in [-0.25, -0.2) is 4.79 Å². The van der Waals surface area contributed by atoms with E-state index in [-0.39, 0.29) is 11.5 Å². The molecule has 0 unspecified atom stereocenters. The number of benzene rings is 2. The highest BCUT2D eigenvalue weighted by Gasteiger charge is 2.16. The molecule has 3 rings (SSSR count). The van der Waals surface area contributed by atoms with Gasteiger partial charge in [0.05, 0.1) is 17.5 Å². The molecule has 0 bridgehead atoms. The van der Waals surface area contributed by atoms with E-state index in [1.54, 1.807) is 42.6 Å². The SMILES string of the molecule is O=C1CSC(=NN=Cc2ccc(-c3cc(Cl)ccc3C(=O)O)cc2)N1. The van der Waals surface area contributed by atoms with E-state index < -0.39 is 5.97 Å². The fraction of sp³-hybridized carbons (Fsp3) is 0.0588. The number of hydrogen-bond acceptors (Lipinski definition) is 5. The first-order chi connectivity index (χ1) is 12.0. The van der Waals surface area contributed by atoms with Crippen LogP contribution in [0.5, 0.6) is 0 Å². The third-order valence-corrected chi connectivity index (χ3v) is 4.47. The molecule has 1 heterocycles. The zero-order valence-electron chi connectivity index (χ0n) is 12.8. The van der Waals surface area contributed by atoms with E-state index in [0.29, 0.717) is 21.5 Å². The van der Waals surface area contributed by atoms with Gasteiger partial charge in [0, 0.05) is 5.02 Å². The Labute approximate surface area is 152 Å². The lowest BCUT2D eigenvalue weighted by molar-refractivity contribution is -0.116. The van der Waals surface area contributed by atoms with E-state index in [9.17, 15) is 14.7 Å². The van der Waals surface area contributed by atoms with Crippen molar-refractivity contribution < 1.29 is 14.7 Å². The van der Waals surface area contributed by atoms with Crippen LogP contribution in [0.25, 0.3) is 11.1 Å². The predicted octanol–water partition coefficient (Wildman–Crippen LogP) is 3.26. The van der Waals surface area contributed by atoms with Gasteiger partial charge >= 0.3 is 5.97 Å². The van der Waals surface area contributed by atoms with Crippen LogP contribution in [0.15, 0.2) is 52.7 Å². The first-order valence-corrected chi connectivity index (χ1v) is 8.56. The summed E-state index contributed by atoms with van der Waals surface area (Å²) in [5, 5.41) is 20.7. The van der Waals surface area contributed by atoms with Crippen LogP contribution in [0, 0.1) is 0 Å². The molecular formula is C17H12ClN3O3S. The molecule has 0 saturated carbocycles. The number of nitrogens with one attached hydrogen (secondary N) is 1. The fourth-order valence-electron chi connectivity index (χ4n) is 2.22. The first kappa shape index (κ1) is 17.2. The maximum atomic E-state index is 11.4. The second-order valence-electron chi connectivity index (χ2n) is 5.10. The number of carbonyl (C=O) groups is 2. The van der Waals surface area contributed by atoms with Crippen LogP contribution in [0.2, 0.25) is 5.02 Å². The Hall–Kier alpha value is -2.64. The predicted molar refractivity (Wildman–Crippen MR) is 99.5 cm³/mol. The molecule has 2 N–H and O–H groups in total. The minimum atomic E-state index is -1.01. The van der Waals surface area contributed by atoms with Gasteiger partial charge in [0.15, 0.2) is 5.17 Å². The van der Waals surface area contributed by atoms with Crippen molar-refractivity contribution in [2.24, 2.45) is 10.2 Å². The van der Waals surface area contributed by atoms with Gasteiger partial charge in [-0.2, -0.15) is 5.10 Å². The van der Waals surface area contributed by atoms with E-state index >= 15 is 0 Å². The summed E-state index contributed by atoms with van der Waals surface area (Å²) in [7, 11) is 0. The topological polar surface area (TPSA) is 91.1 Å². The lowest BCUT2D eigenvalue weighted by Gasteiger charge is -2.07. The van der Waals surface area contributed by atoms with E-state index in [0.717, 1.165) is 11.1 Å². The summed E-state index contributed by atoms with van der Waals surface area (Å²) in [5.74, 6) is -0.738. The number of carbonyl (C=O) groups excluding carboxylic acids is 1. The fourth-order valence-corrected chi connectivity index (χ4v) is 3.02. The van der Waals surface area contributed by atoms with Gasteiger partial charge in [-0.15, -0.1) is 5.10 Å². The summed E-state index contributed by atoms with van der Waals surface area (Å²) in [6.07, 6.45) is 1.55. The third kappa shape index (κ3) is 4.26. The van der Waals surface area contributed by atoms with Crippen LogP contribution >= 0.6 is 23.4 Å². The Morgan fingerprint density at radius 2 is 2.00 bits per heavy atom. The maximum Gasteiger partial charge on any atom is 0.336 e. The zero-order chi connectivity index (χ0) is 17.8. The number of aromatic carboxylic acids is 1. The molecule has 1 aliphatic heterocycles. The van der Waals surface area contributed by atoms with E-state index in [1.807, 2.05) is 0 Å². The highest BCUT2D eigenvalue weighted by molar-refractivity contribution is 8.15. The molecule has 1 saturated heterocycles. The molecule has 25 heavy (non-hydrogen) atoms. The molecule has 2 aromatic rings. The number of amides is 1. The molecule has 0 atom stereocenters. The van der Waals surface area contributed by atoms with E-state index in [4.69, 9.17) is 11.6 Å². The van der Waals surface area contributed by atoms with Gasteiger partial charge in [0.1, 0.15) is 0 Å². The highest BCUT2D eigenvalue weighted by Crippen LogP contribution is 2.27. The normalized spacial score (nSPS) is 15.7. The van der Waals surface area contributed by atoms with Crippen molar-refractivity contribution in [3.05, 3.63) is 58.6 Å². The molecule has 0 aliphatic carbocycles. The van der Waals surface area contributed by atoms with Crippen molar-refractivity contribution in [1.82, 2.24) is 5.32 Å². The molecule has 0 aromatic heterocycles. The average molecular weight is 374 g/mol. The van der Waals surface area contributed by atoms with E-state index in [2.05, 4.69) is 15.5 Å². The molecule has 126 valence electrons. The number of carboxylic acids is 1. The monoisotopic (exact) mass is 373 g/mol. The number of rotatable bonds is 4. The summed E-state index contributed by atoms with van der Waals surface area (Å²) >= 11 is 7.28. The summed E-state index contributed by atoms with van der Waals surface area (Å²) in [4.78, 5) is 22.4. The van der Waals surface area contributed by atoms with Crippen molar-refractivity contribution in [2.75, 3.05) is 5.75 Å². The summed E-state index contributed by atoms with van der Waals surface area (Å²) in [6, 6.07) is 11.8. The Kier molecular flexibility index (Phi) is 5.16. The molecule has 8 heteroatoms. The molecule has 1 fully saturated rings. The number of carboxylic acid groups (broad SMARTS) is 1. The van der Waals surface area contributed by atoms with Crippen LogP contribution in [-0.2, 0) is 4.79 Å². The van der Waals surface area contributed by atoms with Crippen molar-refractivity contribution in [3.8, 4) is 11.1 Å². The third-order valence-electron chi connectivity index (χ3n) is 3.38. The van der Waals surface area contributed by atoms with Crippen molar-refractivity contribution in [2.45, 2.75) is 0 Å². The minimum absolute atomic E-state index is 0.0842. The van der Waals surface area contributed by atoms with Crippen LogP contribution in [0.4, 0.5) is 0 Å². The van der Waals surface area contributed by atoms with Crippen molar-refractivity contribution >= 4 is 46.6 Å². The molecular weight excluding hydrogens is 362 g/mol. The molecule has 1 aliphatic rings. The highest BCUT2D eigenvalue weighted by atomic mass is 35.5. The Balaban J connectivity index is 1.80. The lowest BCUT2D eigenvalue weighted by Crippen LogP contribution is -2.19. The molecule has 2 aromatic carbocycles. The lowest BCUT2D eigenvalue weighted by atomic mass is 9.99. The Bertz CT molecular complexity index is 895. The molecule has 0 radical (unpaired) electrons. The largest absolute Gasteiger partial charge is 0.478 e. The Morgan fingerprint density at radius 1 is 1.24 bits per heavy atom. The maximum absolute atomic E-state index is 11.4. The van der Waals surface area contributed by atoms with Crippen LogP contribution in [0.1, 0.15) is 15.9 Å². The zero-order valence-corrected chi connectivity index (χ0v) is 14.3. The van der Waals surface area contributed by atoms with Crippen LogP contribution < -0.4 is 5.32 Å². The number of nitrogens with zero attached hydrogens (tertiary/aromatic N) is 2. The number of halogens is 1. The Morgan fingerprint density at radius 3 is 2.64 bits per heavy atom. The average Bonchev–Trinajstić information content (AvgIpc) is 3.00. The minimum Gasteiger partial charge on any atom is -0.478 e. The second kappa shape index (κ2) is 7.50. The van der Waals surface area contributed by atoms with Gasteiger partial charge in [-0.3, -0.25) is 4.79 Å². The number of hydrogen-bond donors (Lipinski definition) is 2. The van der Waals surface area contributed by atoms with E-state index in [1.165, 1.54) is 17.8 Å². The quantitative estimate of drug-likeness (QED) is 0.635.